The third kappa shape index (κ3) is 2.42. The zero-order valence-electron chi connectivity index (χ0n) is 6.34. The molecule has 0 aromatic carbocycles. The maximum Gasteiger partial charge on any atom is 0.0890 e. The van der Waals surface area contributed by atoms with Gasteiger partial charge in [-0.2, -0.15) is 0 Å². The van der Waals surface area contributed by atoms with Crippen LogP contribution >= 0.6 is 0 Å². The predicted molar refractivity (Wildman–Crippen MR) is 42.6 cm³/mol. The highest BCUT2D eigenvalue weighted by Crippen LogP contribution is 2.24. The molecule has 0 atom stereocenters. The molecular formula is C9H15O. The summed E-state index contributed by atoms with van der Waals surface area (Å²) >= 11 is 0. The van der Waals surface area contributed by atoms with Gasteiger partial charge in [-0.05, 0) is 24.8 Å². The van der Waals surface area contributed by atoms with E-state index in [0.29, 0.717) is 5.92 Å². The van der Waals surface area contributed by atoms with Crippen LogP contribution in [0, 0.1) is 12.8 Å². The van der Waals surface area contributed by atoms with E-state index in [4.69, 9.17) is 5.11 Å². The summed E-state index contributed by atoms with van der Waals surface area (Å²) < 4.78 is 0. The molecule has 1 aliphatic rings. The second kappa shape index (κ2) is 3.65. The maximum absolute atomic E-state index is 8.85. The number of aliphatic hydroxyl groups excluding tert-OH is 1. The van der Waals surface area contributed by atoms with Crippen molar-refractivity contribution in [1.29, 1.82) is 0 Å². The van der Waals surface area contributed by atoms with Crippen molar-refractivity contribution in [1.82, 2.24) is 0 Å². The van der Waals surface area contributed by atoms with Crippen molar-refractivity contribution in [2.75, 3.05) is 0 Å². The Morgan fingerprint density at radius 1 is 1.30 bits per heavy atom. The summed E-state index contributed by atoms with van der Waals surface area (Å²) in [6.07, 6.45) is 8.35. The Labute approximate surface area is 62.8 Å². The van der Waals surface area contributed by atoms with Crippen LogP contribution in [0.1, 0.15) is 32.1 Å². The van der Waals surface area contributed by atoms with Crippen LogP contribution in [-0.4, -0.2) is 5.11 Å². The average molecular weight is 139 g/mol. The standard InChI is InChI=1S/C9H15O/c1-8(10)7-9-5-3-2-4-6-9/h7,9-10H,1-6H2/b8-7-. The van der Waals surface area contributed by atoms with Gasteiger partial charge >= 0.3 is 0 Å². The minimum atomic E-state index is 0.243. The topological polar surface area (TPSA) is 20.2 Å². The lowest BCUT2D eigenvalue weighted by Gasteiger charge is -2.17. The van der Waals surface area contributed by atoms with E-state index in [-0.39, 0.29) is 5.76 Å². The Kier molecular flexibility index (Phi) is 2.79. The lowest BCUT2D eigenvalue weighted by molar-refractivity contribution is 0.386. The molecule has 1 fully saturated rings. The number of allylic oxidation sites excluding steroid dienone is 2. The summed E-state index contributed by atoms with van der Waals surface area (Å²) in [7, 11) is 0. The van der Waals surface area contributed by atoms with Crippen LogP contribution in [-0.2, 0) is 0 Å². The summed E-state index contributed by atoms with van der Waals surface area (Å²) in [5.74, 6) is 0.846. The van der Waals surface area contributed by atoms with Crippen molar-refractivity contribution in [3.05, 3.63) is 18.8 Å². The Balaban J connectivity index is 2.33. The molecule has 0 bridgehead atoms. The minimum Gasteiger partial charge on any atom is -0.513 e. The Hall–Kier alpha value is -0.460. The quantitative estimate of drug-likeness (QED) is 0.554. The van der Waals surface area contributed by atoms with Gasteiger partial charge in [-0.25, -0.2) is 0 Å². The van der Waals surface area contributed by atoms with Crippen LogP contribution in [0.4, 0.5) is 0 Å². The van der Waals surface area contributed by atoms with Crippen molar-refractivity contribution < 1.29 is 5.11 Å². The molecule has 1 N–H and O–H groups in total. The normalized spacial score (nSPS) is 23.1. The van der Waals surface area contributed by atoms with Crippen LogP contribution in [0.15, 0.2) is 11.8 Å². The Morgan fingerprint density at radius 2 is 1.90 bits per heavy atom. The number of aliphatic hydroxyl groups is 1. The molecule has 0 heterocycles. The lowest BCUT2D eigenvalue weighted by Crippen LogP contribution is -2.03. The highest BCUT2D eigenvalue weighted by atomic mass is 16.3. The summed E-state index contributed by atoms with van der Waals surface area (Å²) in [5, 5.41) is 8.85. The second-order valence-electron chi connectivity index (χ2n) is 3.06. The first-order valence-corrected chi connectivity index (χ1v) is 4.02. The minimum absolute atomic E-state index is 0.243. The Morgan fingerprint density at radius 3 is 2.40 bits per heavy atom. The van der Waals surface area contributed by atoms with Crippen molar-refractivity contribution in [2.24, 2.45) is 5.92 Å². The largest absolute Gasteiger partial charge is 0.513 e. The second-order valence-corrected chi connectivity index (χ2v) is 3.06. The van der Waals surface area contributed by atoms with Gasteiger partial charge in [0.25, 0.3) is 0 Å². The van der Waals surface area contributed by atoms with Crippen molar-refractivity contribution >= 4 is 0 Å². The zero-order chi connectivity index (χ0) is 7.40. The van der Waals surface area contributed by atoms with Gasteiger partial charge < -0.3 is 5.11 Å². The van der Waals surface area contributed by atoms with E-state index in [2.05, 4.69) is 6.92 Å². The molecule has 0 spiro atoms. The molecule has 1 heteroatoms. The highest BCUT2D eigenvalue weighted by molar-refractivity contribution is 4.98. The maximum atomic E-state index is 8.85. The van der Waals surface area contributed by atoms with Crippen LogP contribution < -0.4 is 0 Å². The number of hydrogen-bond acceptors (Lipinski definition) is 1. The summed E-state index contributed by atoms with van der Waals surface area (Å²) in [6, 6.07) is 0. The number of rotatable bonds is 1. The van der Waals surface area contributed by atoms with E-state index in [1.807, 2.05) is 6.08 Å². The fraction of sp³-hybridized carbons (Fsp3) is 0.667. The molecule has 0 saturated heterocycles. The van der Waals surface area contributed by atoms with Gasteiger partial charge in [-0.1, -0.05) is 19.3 Å². The van der Waals surface area contributed by atoms with Gasteiger partial charge in [0.15, 0.2) is 0 Å². The van der Waals surface area contributed by atoms with Crippen LogP contribution in [0.3, 0.4) is 0 Å². The molecule has 1 saturated carbocycles. The lowest BCUT2D eigenvalue weighted by atomic mass is 9.89. The zero-order valence-corrected chi connectivity index (χ0v) is 6.34. The van der Waals surface area contributed by atoms with E-state index in [0.717, 1.165) is 0 Å². The molecule has 0 unspecified atom stereocenters. The molecule has 1 aliphatic carbocycles. The first-order chi connectivity index (χ1) is 4.79. The third-order valence-electron chi connectivity index (χ3n) is 2.08. The van der Waals surface area contributed by atoms with Crippen molar-refractivity contribution in [3.8, 4) is 0 Å². The first-order valence-electron chi connectivity index (χ1n) is 4.02. The highest BCUT2D eigenvalue weighted by Gasteiger charge is 2.10. The SMILES string of the molecule is [CH2]/C(O)=C/C1CCCCC1. The van der Waals surface area contributed by atoms with E-state index in [1.54, 1.807) is 0 Å². The van der Waals surface area contributed by atoms with Gasteiger partial charge in [-0.15, -0.1) is 0 Å². The third-order valence-corrected chi connectivity index (χ3v) is 2.08. The Bertz CT molecular complexity index is 117. The van der Waals surface area contributed by atoms with Gasteiger partial charge in [0.05, 0.1) is 5.76 Å². The first kappa shape index (κ1) is 7.64. The van der Waals surface area contributed by atoms with Crippen LogP contribution in [0.2, 0.25) is 0 Å². The van der Waals surface area contributed by atoms with E-state index in [9.17, 15) is 0 Å². The van der Waals surface area contributed by atoms with Gasteiger partial charge in [0.2, 0.25) is 0 Å². The molecule has 0 amide bonds. The van der Waals surface area contributed by atoms with Crippen LogP contribution in [0.5, 0.6) is 0 Å². The van der Waals surface area contributed by atoms with Crippen molar-refractivity contribution in [3.63, 3.8) is 0 Å². The smallest absolute Gasteiger partial charge is 0.0890 e. The van der Waals surface area contributed by atoms with Gasteiger partial charge in [0.1, 0.15) is 0 Å². The summed E-state index contributed by atoms with van der Waals surface area (Å²) in [4.78, 5) is 0. The van der Waals surface area contributed by atoms with E-state index < -0.39 is 0 Å². The van der Waals surface area contributed by atoms with Gasteiger partial charge in [0, 0.05) is 6.92 Å². The molecule has 10 heavy (non-hydrogen) atoms. The fourth-order valence-corrected chi connectivity index (χ4v) is 1.57. The monoisotopic (exact) mass is 139 g/mol. The molecule has 1 radical (unpaired) electrons. The fourth-order valence-electron chi connectivity index (χ4n) is 1.57. The molecule has 1 nitrogen and oxygen atoms in total. The summed E-state index contributed by atoms with van der Waals surface area (Å²) in [5.41, 5.74) is 0. The van der Waals surface area contributed by atoms with E-state index in [1.165, 1.54) is 32.1 Å². The van der Waals surface area contributed by atoms with Crippen LogP contribution in [0.25, 0.3) is 0 Å². The molecule has 1 rings (SSSR count). The molecular weight excluding hydrogens is 124 g/mol. The molecule has 0 aromatic heterocycles. The van der Waals surface area contributed by atoms with Gasteiger partial charge in [-0.3, -0.25) is 0 Å². The van der Waals surface area contributed by atoms with Crippen molar-refractivity contribution in [2.45, 2.75) is 32.1 Å². The molecule has 57 valence electrons. The number of hydrogen-bond donors (Lipinski definition) is 1. The predicted octanol–water partition coefficient (Wildman–Crippen LogP) is 2.84. The summed E-state index contributed by atoms with van der Waals surface area (Å²) in [6.45, 7) is 3.45. The van der Waals surface area contributed by atoms with E-state index >= 15 is 0 Å². The molecule has 0 aliphatic heterocycles. The molecule has 0 aromatic rings. The average Bonchev–Trinajstić information content (AvgIpc) is 1.88.